The molecular weight excluding hydrogens is 266 g/mol. The van der Waals surface area contributed by atoms with Crippen LogP contribution in [0.5, 0.6) is 0 Å². The summed E-state index contributed by atoms with van der Waals surface area (Å²) in [4.78, 5) is 18.8. The van der Waals surface area contributed by atoms with Crippen molar-refractivity contribution in [2.75, 3.05) is 12.3 Å². The highest BCUT2D eigenvalue weighted by Gasteiger charge is 2.13. The van der Waals surface area contributed by atoms with E-state index < -0.39 is 17.5 Å². The van der Waals surface area contributed by atoms with Crippen molar-refractivity contribution in [2.45, 2.75) is 12.8 Å². The van der Waals surface area contributed by atoms with Crippen LogP contribution in [0.2, 0.25) is 0 Å². The smallest absolute Gasteiger partial charge is 0.253 e. The van der Waals surface area contributed by atoms with Gasteiger partial charge in [-0.05, 0) is 12.5 Å². The van der Waals surface area contributed by atoms with E-state index in [0.29, 0.717) is 19.4 Å². The number of nitrogens with zero attached hydrogens (tertiary/aromatic N) is 1. The monoisotopic (exact) mass is 280 g/mol. The minimum absolute atomic E-state index is 0.0677. The Hall–Kier alpha value is -2.44. The Bertz CT molecular complexity index is 599. The number of anilines is 1. The van der Waals surface area contributed by atoms with Gasteiger partial charge in [-0.25, -0.2) is 13.8 Å². The molecule has 0 aliphatic carbocycles. The van der Waals surface area contributed by atoms with Gasteiger partial charge in [-0.2, -0.15) is 0 Å². The Kier molecular flexibility index (Phi) is 4.29. The number of aromatic nitrogens is 2. The second-order valence-electron chi connectivity index (χ2n) is 4.25. The molecule has 0 aliphatic heterocycles. The largest absolute Gasteiger partial charge is 0.398 e. The Morgan fingerprint density at radius 1 is 1.35 bits per heavy atom. The van der Waals surface area contributed by atoms with Gasteiger partial charge in [-0.1, -0.05) is 0 Å². The Labute approximate surface area is 114 Å². The molecule has 0 spiro atoms. The van der Waals surface area contributed by atoms with Crippen LogP contribution in [-0.2, 0) is 6.42 Å². The maximum atomic E-state index is 13.1. The van der Waals surface area contributed by atoms with E-state index in [4.69, 9.17) is 5.73 Å². The maximum absolute atomic E-state index is 13.1. The van der Waals surface area contributed by atoms with Crippen LogP contribution < -0.4 is 11.1 Å². The first-order valence-corrected chi connectivity index (χ1v) is 6.09. The topological polar surface area (TPSA) is 83.8 Å². The molecule has 0 unspecified atom stereocenters. The van der Waals surface area contributed by atoms with Crippen LogP contribution in [0.15, 0.2) is 24.5 Å². The molecule has 4 N–H and O–H groups in total. The van der Waals surface area contributed by atoms with Crippen LogP contribution in [0, 0.1) is 11.6 Å². The van der Waals surface area contributed by atoms with Gasteiger partial charge in [0, 0.05) is 37.1 Å². The zero-order chi connectivity index (χ0) is 14.5. The van der Waals surface area contributed by atoms with Crippen LogP contribution in [0.25, 0.3) is 0 Å². The Morgan fingerprint density at radius 3 is 2.80 bits per heavy atom. The summed E-state index contributed by atoms with van der Waals surface area (Å²) in [5.41, 5.74) is 5.33. The number of aryl methyl sites for hydroxylation is 1. The summed E-state index contributed by atoms with van der Waals surface area (Å²) >= 11 is 0. The number of amides is 1. The normalized spacial score (nSPS) is 10.5. The SMILES string of the molecule is Nc1cc(F)c(F)cc1C(=O)NCCCc1ncc[nH]1. The number of hydrogen-bond acceptors (Lipinski definition) is 3. The van der Waals surface area contributed by atoms with Crippen molar-refractivity contribution in [1.29, 1.82) is 0 Å². The lowest BCUT2D eigenvalue weighted by Crippen LogP contribution is -2.26. The average Bonchev–Trinajstić information content (AvgIpc) is 2.92. The molecule has 0 radical (unpaired) electrons. The first-order chi connectivity index (χ1) is 9.58. The third kappa shape index (κ3) is 3.31. The van der Waals surface area contributed by atoms with Crippen LogP contribution in [0.3, 0.4) is 0 Å². The lowest BCUT2D eigenvalue weighted by Gasteiger charge is -2.07. The molecule has 0 fully saturated rings. The molecule has 1 heterocycles. The Balaban J connectivity index is 1.87. The van der Waals surface area contributed by atoms with E-state index in [1.807, 2.05) is 0 Å². The van der Waals surface area contributed by atoms with Crippen LogP contribution >= 0.6 is 0 Å². The van der Waals surface area contributed by atoms with Gasteiger partial charge in [0.15, 0.2) is 11.6 Å². The average molecular weight is 280 g/mol. The lowest BCUT2D eigenvalue weighted by molar-refractivity contribution is 0.0953. The molecule has 0 bridgehead atoms. The fourth-order valence-electron chi connectivity index (χ4n) is 1.75. The van der Waals surface area contributed by atoms with E-state index in [1.54, 1.807) is 12.4 Å². The van der Waals surface area contributed by atoms with Gasteiger partial charge in [0.2, 0.25) is 0 Å². The highest BCUT2D eigenvalue weighted by Crippen LogP contribution is 2.16. The van der Waals surface area contributed by atoms with Crippen molar-refractivity contribution in [1.82, 2.24) is 15.3 Å². The summed E-state index contributed by atoms with van der Waals surface area (Å²) in [6, 6.07) is 1.60. The molecule has 1 amide bonds. The number of halogens is 2. The van der Waals surface area contributed by atoms with Crippen LogP contribution in [0.4, 0.5) is 14.5 Å². The molecule has 0 saturated heterocycles. The van der Waals surface area contributed by atoms with Gasteiger partial charge in [-0.3, -0.25) is 4.79 Å². The van der Waals surface area contributed by atoms with Crippen molar-refractivity contribution >= 4 is 11.6 Å². The molecule has 2 aromatic rings. The number of nitrogens with one attached hydrogen (secondary N) is 2. The molecular formula is C13H14F2N4O. The highest BCUT2D eigenvalue weighted by molar-refractivity contribution is 5.99. The summed E-state index contributed by atoms with van der Waals surface area (Å²) in [6.45, 7) is 0.387. The number of nitrogen functional groups attached to an aromatic ring is 1. The van der Waals surface area contributed by atoms with E-state index in [9.17, 15) is 13.6 Å². The molecule has 7 heteroatoms. The fourth-order valence-corrected chi connectivity index (χ4v) is 1.75. The van der Waals surface area contributed by atoms with E-state index in [0.717, 1.165) is 18.0 Å². The van der Waals surface area contributed by atoms with Gasteiger partial charge in [0.25, 0.3) is 5.91 Å². The molecule has 1 aromatic carbocycles. The first kappa shape index (κ1) is 14.0. The standard InChI is InChI=1S/C13H14F2N4O/c14-9-6-8(11(16)7-10(9)15)13(20)19-3-1-2-12-17-4-5-18-12/h4-7H,1-3,16H2,(H,17,18)(H,19,20). The summed E-state index contributed by atoms with van der Waals surface area (Å²) in [5.74, 6) is -1.87. The predicted molar refractivity (Wildman–Crippen MR) is 70.0 cm³/mol. The fraction of sp³-hybridized carbons (Fsp3) is 0.231. The molecule has 0 atom stereocenters. The van der Waals surface area contributed by atoms with Gasteiger partial charge >= 0.3 is 0 Å². The number of carbonyl (C=O) groups is 1. The minimum Gasteiger partial charge on any atom is -0.398 e. The number of benzene rings is 1. The quantitative estimate of drug-likeness (QED) is 0.575. The summed E-state index contributed by atoms with van der Waals surface area (Å²) in [6.07, 6.45) is 4.72. The number of H-pyrrole nitrogens is 1. The zero-order valence-electron chi connectivity index (χ0n) is 10.6. The number of imidazole rings is 1. The van der Waals surface area contributed by atoms with Crippen molar-refractivity contribution in [2.24, 2.45) is 0 Å². The first-order valence-electron chi connectivity index (χ1n) is 6.09. The number of carbonyl (C=O) groups excluding carboxylic acids is 1. The van der Waals surface area contributed by atoms with Gasteiger partial charge in [-0.15, -0.1) is 0 Å². The van der Waals surface area contributed by atoms with E-state index >= 15 is 0 Å². The molecule has 0 aliphatic rings. The highest BCUT2D eigenvalue weighted by atomic mass is 19.2. The molecule has 1 aromatic heterocycles. The lowest BCUT2D eigenvalue weighted by atomic mass is 10.1. The Morgan fingerprint density at radius 2 is 2.10 bits per heavy atom. The van der Waals surface area contributed by atoms with Gasteiger partial charge < -0.3 is 16.0 Å². The molecule has 20 heavy (non-hydrogen) atoms. The predicted octanol–water partition coefficient (Wildman–Crippen LogP) is 1.63. The minimum atomic E-state index is -1.10. The molecule has 2 rings (SSSR count). The van der Waals surface area contributed by atoms with E-state index in [-0.39, 0.29) is 11.3 Å². The van der Waals surface area contributed by atoms with E-state index in [2.05, 4.69) is 15.3 Å². The summed E-state index contributed by atoms with van der Waals surface area (Å²) < 4.78 is 26.0. The van der Waals surface area contributed by atoms with Crippen molar-refractivity contribution in [3.05, 3.63) is 47.5 Å². The van der Waals surface area contributed by atoms with E-state index in [1.165, 1.54) is 0 Å². The van der Waals surface area contributed by atoms with Crippen LogP contribution in [0.1, 0.15) is 22.6 Å². The van der Waals surface area contributed by atoms with Crippen molar-refractivity contribution in [3.63, 3.8) is 0 Å². The zero-order valence-corrected chi connectivity index (χ0v) is 10.6. The second-order valence-corrected chi connectivity index (χ2v) is 4.25. The number of rotatable bonds is 5. The van der Waals surface area contributed by atoms with Crippen molar-refractivity contribution < 1.29 is 13.6 Å². The molecule has 5 nitrogen and oxygen atoms in total. The number of aromatic amines is 1. The summed E-state index contributed by atoms with van der Waals surface area (Å²) in [5, 5.41) is 2.60. The third-order valence-corrected chi connectivity index (χ3v) is 2.77. The van der Waals surface area contributed by atoms with Crippen LogP contribution in [-0.4, -0.2) is 22.4 Å². The number of nitrogens with two attached hydrogens (primary N) is 1. The maximum Gasteiger partial charge on any atom is 0.253 e. The van der Waals surface area contributed by atoms with Gasteiger partial charge in [0.1, 0.15) is 5.82 Å². The van der Waals surface area contributed by atoms with Crippen molar-refractivity contribution in [3.8, 4) is 0 Å². The molecule has 106 valence electrons. The number of hydrogen-bond donors (Lipinski definition) is 3. The van der Waals surface area contributed by atoms with Gasteiger partial charge in [0.05, 0.1) is 5.56 Å². The molecule has 0 saturated carbocycles. The third-order valence-electron chi connectivity index (χ3n) is 2.77. The summed E-state index contributed by atoms with van der Waals surface area (Å²) in [7, 11) is 0. The second kappa shape index (κ2) is 6.14.